The second-order valence-corrected chi connectivity index (χ2v) is 5.39. The molecule has 0 saturated carbocycles. The zero-order chi connectivity index (χ0) is 12.8. The maximum atomic E-state index is 5.41. The largest absolute Gasteiger partial charge is 0.381 e. The summed E-state index contributed by atoms with van der Waals surface area (Å²) in [5.74, 6) is 1.45. The molecule has 1 fully saturated rings. The smallest absolute Gasteiger partial charge is 0.0595 e. The van der Waals surface area contributed by atoms with E-state index in [1.54, 1.807) is 0 Å². The normalized spacial score (nSPS) is 19.9. The summed E-state index contributed by atoms with van der Waals surface area (Å²) in [5, 5.41) is 0. The lowest BCUT2D eigenvalue weighted by Gasteiger charge is -2.33. The number of benzene rings is 1. The molecule has 0 radical (unpaired) electrons. The molecular formula is C15H23NOS. The molecule has 100 valence electrons. The third-order valence-corrected chi connectivity index (χ3v) is 4.28. The highest BCUT2D eigenvalue weighted by atomic mass is 32.1. The molecule has 1 unspecified atom stereocenters. The van der Waals surface area contributed by atoms with Crippen LogP contribution in [-0.2, 0) is 4.74 Å². The Hall–Kier alpha value is -0.510. The first kappa shape index (κ1) is 13.9. The monoisotopic (exact) mass is 265 g/mol. The van der Waals surface area contributed by atoms with Crippen LogP contribution in [0.15, 0.2) is 30.3 Å². The molecule has 1 heterocycles. The van der Waals surface area contributed by atoms with Crippen LogP contribution in [0, 0.1) is 0 Å². The second-order valence-electron chi connectivity index (χ2n) is 5.03. The van der Waals surface area contributed by atoms with E-state index in [9.17, 15) is 0 Å². The van der Waals surface area contributed by atoms with Crippen molar-refractivity contribution < 1.29 is 4.74 Å². The number of hydrogen-bond acceptors (Lipinski definition) is 3. The van der Waals surface area contributed by atoms with Gasteiger partial charge in [0.1, 0.15) is 0 Å². The fraction of sp³-hybridized carbons (Fsp3) is 0.600. The highest BCUT2D eigenvalue weighted by Crippen LogP contribution is 2.21. The van der Waals surface area contributed by atoms with Gasteiger partial charge in [0, 0.05) is 32.7 Å². The molecule has 1 aromatic rings. The Bertz CT molecular complexity index is 336. The average Bonchev–Trinajstić information content (AvgIpc) is 2.46. The van der Waals surface area contributed by atoms with Crippen molar-refractivity contribution >= 4 is 12.6 Å². The molecule has 0 amide bonds. The van der Waals surface area contributed by atoms with E-state index in [1.165, 1.54) is 5.56 Å². The van der Waals surface area contributed by atoms with Gasteiger partial charge in [0.2, 0.25) is 0 Å². The minimum atomic E-state index is 0.465. The lowest BCUT2D eigenvalue weighted by molar-refractivity contribution is 0.0399. The van der Waals surface area contributed by atoms with Crippen LogP contribution in [0.4, 0.5) is 0 Å². The predicted molar refractivity (Wildman–Crippen MR) is 79.5 cm³/mol. The summed E-state index contributed by atoms with van der Waals surface area (Å²) in [4.78, 5) is 2.55. The van der Waals surface area contributed by atoms with Gasteiger partial charge in [-0.1, -0.05) is 30.3 Å². The number of piperidine rings is 1. The van der Waals surface area contributed by atoms with Crippen LogP contribution in [0.25, 0.3) is 0 Å². The molecule has 0 bridgehead atoms. The topological polar surface area (TPSA) is 12.5 Å². The Labute approximate surface area is 116 Å². The fourth-order valence-electron chi connectivity index (χ4n) is 2.63. The molecule has 3 heteroatoms. The Morgan fingerprint density at radius 1 is 1.28 bits per heavy atom. The standard InChI is InChI=1S/C15H23NOS/c1-17-15-7-9-16(10-8-15)11-14(12-18)13-5-3-2-4-6-13/h2-6,14-15,18H,7-12H2,1H3. The van der Waals surface area contributed by atoms with Crippen LogP contribution >= 0.6 is 12.6 Å². The van der Waals surface area contributed by atoms with Crippen LogP contribution < -0.4 is 0 Å². The van der Waals surface area contributed by atoms with E-state index in [1.807, 2.05) is 7.11 Å². The van der Waals surface area contributed by atoms with E-state index in [0.29, 0.717) is 12.0 Å². The summed E-state index contributed by atoms with van der Waals surface area (Å²) in [6.07, 6.45) is 2.78. The molecule has 0 aliphatic carbocycles. The number of methoxy groups -OCH3 is 1. The molecule has 2 nitrogen and oxygen atoms in total. The molecule has 18 heavy (non-hydrogen) atoms. The number of ether oxygens (including phenoxy) is 1. The molecule has 1 aromatic carbocycles. The van der Waals surface area contributed by atoms with Gasteiger partial charge in [-0.2, -0.15) is 12.6 Å². The van der Waals surface area contributed by atoms with Crippen molar-refractivity contribution in [3.63, 3.8) is 0 Å². The van der Waals surface area contributed by atoms with Crippen LogP contribution in [0.3, 0.4) is 0 Å². The maximum Gasteiger partial charge on any atom is 0.0595 e. The van der Waals surface area contributed by atoms with Crippen molar-refractivity contribution in [2.45, 2.75) is 24.9 Å². The van der Waals surface area contributed by atoms with Gasteiger partial charge in [-0.05, 0) is 24.2 Å². The zero-order valence-electron chi connectivity index (χ0n) is 11.1. The zero-order valence-corrected chi connectivity index (χ0v) is 12.0. The van der Waals surface area contributed by atoms with Gasteiger partial charge in [-0.3, -0.25) is 0 Å². The SMILES string of the molecule is COC1CCN(CC(CS)c2ccccc2)CC1. The molecule has 0 spiro atoms. The van der Waals surface area contributed by atoms with Gasteiger partial charge in [-0.25, -0.2) is 0 Å². The quantitative estimate of drug-likeness (QED) is 0.822. The number of hydrogen-bond donors (Lipinski definition) is 1. The second kappa shape index (κ2) is 7.17. The summed E-state index contributed by atoms with van der Waals surface area (Å²) in [6.45, 7) is 3.41. The molecule has 2 rings (SSSR count). The number of likely N-dealkylation sites (tertiary alicyclic amines) is 1. The van der Waals surface area contributed by atoms with Crippen LogP contribution in [0.2, 0.25) is 0 Å². The van der Waals surface area contributed by atoms with Crippen molar-refractivity contribution in [3.05, 3.63) is 35.9 Å². The number of rotatable bonds is 5. The van der Waals surface area contributed by atoms with Crippen LogP contribution in [-0.4, -0.2) is 43.5 Å². The summed E-state index contributed by atoms with van der Waals surface area (Å²) in [5.41, 5.74) is 1.40. The third kappa shape index (κ3) is 3.74. The molecule has 0 aromatic heterocycles. The first-order valence-corrected chi connectivity index (χ1v) is 7.37. The van der Waals surface area contributed by atoms with Gasteiger partial charge in [0.05, 0.1) is 6.10 Å². The van der Waals surface area contributed by atoms with E-state index in [2.05, 4.69) is 47.9 Å². The summed E-state index contributed by atoms with van der Waals surface area (Å²) < 4.78 is 5.41. The average molecular weight is 265 g/mol. The first-order valence-electron chi connectivity index (χ1n) is 6.74. The summed E-state index contributed by atoms with van der Waals surface area (Å²) >= 11 is 4.51. The molecule has 1 aliphatic heterocycles. The van der Waals surface area contributed by atoms with Gasteiger partial charge in [0.15, 0.2) is 0 Å². The van der Waals surface area contributed by atoms with Gasteiger partial charge in [-0.15, -0.1) is 0 Å². The van der Waals surface area contributed by atoms with Crippen LogP contribution in [0.5, 0.6) is 0 Å². The first-order chi connectivity index (χ1) is 8.83. The van der Waals surface area contributed by atoms with E-state index in [0.717, 1.165) is 38.2 Å². The van der Waals surface area contributed by atoms with E-state index >= 15 is 0 Å². The summed E-state index contributed by atoms with van der Waals surface area (Å²) in [7, 11) is 1.82. The van der Waals surface area contributed by atoms with Crippen molar-refractivity contribution in [1.82, 2.24) is 4.90 Å². The maximum absolute atomic E-state index is 5.41. The fourth-order valence-corrected chi connectivity index (χ4v) is 2.96. The number of nitrogens with zero attached hydrogens (tertiary/aromatic N) is 1. The van der Waals surface area contributed by atoms with E-state index in [4.69, 9.17) is 4.74 Å². The van der Waals surface area contributed by atoms with E-state index in [-0.39, 0.29) is 0 Å². The summed E-state index contributed by atoms with van der Waals surface area (Å²) in [6, 6.07) is 10.7. The van der Waals surface area contributed by atoms with Gasteiger partial charge >= 0.3 is 0 Å². The third-order valence-electron chi connectivity index (χ3n) is 3.84. The van der Waals surface area contributed by atoms with Gasteiger partial charge < -0.3 is 9.64 Å². The lowest BCUT2D eigenvalue weighted by atomic mass is 9.99. The Morgan fingerprint density at radius 2 is 1.94 bits per heavy atom. The molecule has 1 atom stereocenters. The Morgan fingerprint density at radius 3 is 2.50 bits per heavy atom. The molecular weight excluding hydrogens is 242 g/mol. The predicted octanol–water partition coefficient (Wildman–Crippen LogP) is 2.81. The number of thiol groups is 1. The van der Waals surface area contributed by atoms with Gasteiger partial charge in [0.25, 0.3) is 0 Å². The van der Waals surface area contributed by atoms with E-state index < -0.39 is 0 Å². The van der Waals surface area contributed by atoms with Crippen molar-refractivity contribution in [1.29, 1.82) is 0 Å². The minimum absolute atomic E-state index is 0.465. The Kier molecular flexibility index (Phi) is 5.54. The van der Waals surface area contributed by atoms with Crippen molar-refractivity contribution in [2.75, 3.05) is 32.5 Å². The highest BCUT2D eigenvalue weighted by Gasteiger charge is 2.21. The Balaban J connectivity index is 1.88. The van der Waals surface area contributed by atoms with Crippen LogP contribution in [0.1, 0.15) is 24.3 Å². The highest BCUT2D eigenvalue weighted by molar-refractivity contribution is 7.80. The minimum Gasteiger partial charge on any atom is -0.381 e. The van der Waals surface area contributed by atoms with Crippen molar-refractivity contribution in [2.24, 2.45) is 0 Å². The van der Waals surface area contributed by atoms with Crippen molar-refractivity contribution in [3.8, 4) is 0 Å². The lowest BCUT2D eigenvalue weighted by Crippen LogP contribution is -2.39. The molecule has 1 aliphatic rings. The molecule has 0 N–H and O–H groups in total. The molecule has 1 saturated heterocycles.